The summed E-state index contributed by atoms with van der Waals surface area (Å²) in [5, 5.41) is 10.6. The van der Waals surface area contributed by atoms with E-state index in [-0.39, 0.29) is 25.7 Å². The Labute approximate surface area is 568 Å². The maximum Gasteiger partial charge on any atom is 0.472 e. The third-order valence-corrected chi connectivity index (χ3v) is 19.3. The van der Waals surface area contributed by atoms with Crippen LogP contribution >= 0.6 is 15.6 Å². The zero-order chi connectivity index (χ0) is 68.9. The fraction of sp³-hybridized carbons (Fsp3) is 0.946. The lowest BCUT2D eigenvalue weighted by Crippen LogP contribution is -2.30. The van der Waals surface area contributed by atoms with Crippen LogP contribution in [0.25, 0.3) is 0 Å². The molecular weight excluding hydrogens is 1220 g/mol. The number of rotatable bonds is 71. The van der Waals surface area contributed by atoms with Crippen molar-refractivity contribution in [1.29, 1.82) is 0 Å². The molecule has 0 saturated heterocycles. The van der Waals surface area contributed by atoms with Crippen molar-refractivity contribution < 1.29 is 80.2 Å². The van der Waals surface area contributed by atoms with Crippen molar-refractivity contribution in [2.45, 2.75) is 388 Å². The highest BCUT2D eigenvalue weighted by molar-refractivity contribution is 7.47. The molecule has 0 aliphatic heterocycles. The smallest absolute Gasteiger partial charge is 0.462 e. The third kappa shape index (κ3) is 67.0. The van der Waals surface area contributed by atoms with Gasteiger partial charge < -0.3 is 33.8 Å². The molecule has 0 aliphatic rings. The minimum atomic E-state index is -4.96. The van der Waals surface area contributed by atoms with E-state index in [1.807, 2.05) is 0 Å². The second-order valence-corrected chi connectivity index (χ2v) is 31.3. The van der Waals surface area contributed by atoms with Crippen LogP contribution in [0.2, 0.25) is 0 Å². The summed E-state index contributed by atoms with van der Waals surface area (Å²) in [4.78, 5) is 72.7. The summed E-state index contributed by atoms with van der Waals surface area (Å²) in [5.41, 5.74) is 0. The molecule has 0 rings (SSSR count). The third-order valence-electron chi connectivity index (χ3n) is 17.4. The van der Waals surface area contributed by atoms with Gasteiger partial charge in [0.1, 0.15) is 19.3 Å². The largest absolute Gasteiger partial charge is 0.472 e. The van der Waals surface area contributed by atoms with E-state index in [4.69, 9.17) is 37.0 Å². The van der Waals surface area contributed by atoms with Crippen molar-refractivity contribution in [3.8, 4) is 0 Å². The second kappa shape index (κ2) is 63.5. The number of esters is 4. The number of aliphatic hydroxyl groups excluding tert-OH is 1. The normalized spacial score (nSPS) is 14.5. The number of phosphoric acid groups is 2. The quantitative estimate of drug-likeness (QED) is 0.0222. The number of phosphoric ester groups is 2. The molecule has 0 amide bonds. The highest BCUT2D eigenvalue weighted by Gasteiger charge is 2.30. The molecule has 0 aromatic heterocycles. The van der Waals surface area contributed by atoms with Gasteiger partial charge >= 0.3 is 39.5 Å². The molecular formula is C74H144O17P2. The van der Waals surface area contributed by atoms with Crippen molar-refractivity contribution in [1.82, 2.24) is 0 Å². The zero-order valence-electron chi connectivity index (χ0n) is 60.9. The van der Waals surface area contributed by atoms with Gasteiger partial charge in [-0.15, -0.1) is 0 Å². The fourth-order valence-corrected chi connectivity index (χ4v) is 12.7. The molecule has 0 aromatic rings. The van der Waals surface area contributed by atoms with Gasteiger partial charge in [0.15, 0.2) is 12.2 Å². The van der Waals surface area contributed by atoms with Crippen molar-refractivity contribution in [3.05, 3.63) is 0 Å². The van der Waals surface area contributed by atoms with Gasteiger partial charge in [-0.3, -0.25) is 37.3 Å². The molecule has 0 fully saturated rings. The molecule has 0 bridgehead atoms. The van der Waals surface area contributed by atoms with Gasteiger partial charge in [0.2, 0.25) is 0 Å². The Bertz CT molecular complexity index is 1840. The topological polar surface area (TPSA) is 237 Å². The summed E-state index contributed by atoms with van der Waals surface area (Å²) in [6.07, 6.45) is 47.2. The summed E-state index contributed by atoms with van der Waals surface area (Å²) in [5.74, 6) is 0.922. The van der Waals surface area contributed by atoms with E-state index in [9.17, 15) is 43.2 Å². The first kappa shape index (κ1) is 91.1. The molecule has 4 unspecified atom stereocenters. The van der Waals surface area contributed by atoms with Crippen LogP contribution in [0.15, 0.2) is 0 Å². The number of carbonyl (C=O) groups is 4. The second-order valence-electron chi connectivity index (χ2n) is 28.4. The van der Waals surface area contributed by atoms with Gasteiger partial charge in [-0.1, -0.05) is 319 Å². The van der Waals surface area contributed by atoms with Crippen molar-refractivity contribution in [2.24, 2.45) is 23.7 Å². The molecule has 17 nitrogen and oxygen atoms in total. The van der Waals surface area contributed by atoms with E-state index in [2.05, 4.69) is 55.4 Å². The molecule has 6 atom stereocenters. The van der Waals surface area contributed by atoms with Crippen LogP contribution in [0.5, 0.6) is 0 Å². The summed E-state index contributed by atoms with van der Waals surface area (Å²) < 4.78 is 68.5. The molecule has 0 aliphatic carbocycles. The molecule has 0 aromatic carbocycles. The monoisotopic (exact) mass is 1370 g/mol. The van der Waals surface area contributed by atoms with Gasteiger partial charge in [-0.05, 0) is 49.4 Å². The molecule has 93 heavy (non-hydrogen) atoms. The van der Waals surface area contributed by atoms with Crippen LogP contribution in [0.1, 0.15) is 370 Å². The average Bonchev–Trinajstić information content (AvgIpc) is 2.33. The maximum atomic E-state index is 13.1. The molecule has 0 saturated carbocycles. The van der Waals surface area contributed by atoms with Gasteiger partial charge in [0, 0.05) is 25.7 Å². The van der Waals surface area contributed by atoms with E-state index in [0.29, 0.717) is 31.6 Å². The molecule has 552 valence electrons. The minimum Gasteiger partial charge on any atom is -0.462 e. The Hall–Kier alpha value is -1.94. The standard InChI is InChI=1S/C74H144O17P2/c1-9-67(8)53-45-37-29-23-24-30-38-46-54-71(76)84-60-69(90-74(79)57-49-41-32-22-18-14-13-16-20-27-35-43-51-65(4)5)62-88-92(80,81)86-58-68(75)59-87-93(82,83)89-63-70(61-85-72(77)55-47-39-33-25-28-36-44-52-66(6)7)91-73(78)56-48-40-31-21-17-12-10-11-15-19-26-34-42-50-64(2)3/h64-70,75H,9-63H2,1-8H3,(H,80,81)(H,82,83)/t67?,68?,69-,70-/m1/s1. The van der Waals surface area contributed by atoms with E-state index in [1.54, 1.807) is 0 Å². The molecule has 0 radical (unpaired) electrons. The first-order chi connectivity index (χ1) is 44.6. The maximum absolute atomic E-state index is 13.1. The summed E-state index contributed by atoms with van der Waals surface area (Å²) in [7, 11) is -9.91. The van der Waals surface area contributed by atoms with E-state index >= 15 is 0 Å². The fourth-order valence-electron chi connectivity index (χ4n) is 11.2. The number of aliphatic hydroxyl groups is 1. The lowest BCUT2D eigenvalue weighted by Gasteiger charge is -2.21. The number of carbonyl (C=O) groups excluding carboxylic acids is 4. The Morgan fingerprint density at radius 3 is 0.763 bits per heavy atom. The van der Waals surface area contributed by atoms with Crippen molar-refractivity contribution in [2.75, 3.05) is 39.6 Å². The van der Waals surface area contributed by atoms with Gasteiger partial charge in [0.25, 0.3) is 0 Å². The van der Waals surface area contributed by atoms with Crippen molar-refractivity contribution in [3.63, 3.8) is 0 Å². The van der Waals surface area contributed by atoms with E-state index in [1.165, 1.54) is 167 Å². The summed E-state index contributed by atoms with van der Waals surface area (Å²) >= 11 is 0. The van der Waals surface area contributed by atoms with E-state index < -0.39 is 97.5 Å². The average molecular weight is 1370 g/mol. The summed E-state index contributed by atoms with van der Waals surface area (Å²) in [6, 6.07) is 0. The first-order valence-corrected chi connectivity index (χ1v) is 41.2. The highest BCUT2D eigenvalue weighted by Crippen LogP contribution is 2.45. The number of hydrogen-bond donors (Lipinski definition) is 3. The Morgan fingerprint density at radius 1 is 0.301 bits per heavy atom. The number of ether oxygens (including phenoxy) is 4. The van der Waals surface area contributed by atoms with Gasteiger partial charge in [0.05, 0.1) is 26.4 Å². The molecule has 0 heterocycles. The predicted octanol–water partition coefficient (Wildman–Crippen LogP) is 21.3. The lowest BCUT2D eigenvalue weighted by atomic mass is 9.99. The van der Waals surface area contributed by atoms with Crippen LogP contribution in [0.3, 0.4) is 0 Å². The molecule has 3 N–H and O–H groups in total. The minimum absolute atomic E-state index is 0.106. The Morgan fingerprint density at radius 2 is 0.516 bits per heavy atom. The SMILES string of the molecule is CCC(C)CCCCCCCCCCC(=O)OC[C@H](COP(=O)(O)OCC(O)COP(=O)(O)OC[C@@H](COC(=O)CCCCCCCCCC(C)C)OC(=O)CCCCCCCCCCCCCCCC(C)C)OC(=O)CCCCCCCCCCCCCCC(C)C. The molecule has 0 spiro atoms. The highest BCUT2D eigenvalue weighted by atomic mass is 31.2. The van der Waals surface area contributed by atoms with Gasteiger partial charge in [-0.2, -0.15) is 0 Å². The van der Waals surface area contributed by atoms with Crippen LogP contribution in [-0.2, 0) is 65.4 Å². The van der Waals surface area contributed by atoms with Crippen LogP contribution in [0.4, 0.5) is 0 Å². The number of hydrogen-bond acceptors (Lipinski definition) is 15. The van der Waals surface area contributed by atoms with Gasteiger partial charge in [-0.25, -0.2) is 9.13 Å². The zero-order valence-corrected chi connectivity index (χ0v) is 62.7. The first-order valence-electron chi connectivity index (χ1n) is 38.2. The Balaban J connectivity index is 5.26. The molecule has 19 heteroatoms. The number of unbranched alkanes of at least 4 members (excludes halogenated alkanes) is 36. The summed E-state index contributed by atoms with van der Waals surface area (Å²) in [6.45, 7) is 14.2. The predicted molar refractivity (Wildman–Crippen MR) is 377 cm³/mol. The Kier molecular flexibility index (Phi) is 62.2. The van der Waals surface area contributed by atoms with Crippen LogP contribution < -0.4 is 0 Å². The van der Waals surface area contributed by atoms with Crippen molar-refractivity contribution >= 4 is 39.5 Å². The van der Waals surface area contributed by atoms with Crippen LogP contribution in [0, 0.1) is 23.7 Å². The lowest BCUT2D eigenvalue weighted by molar-refractivity contribution is -0.161. The van der Waals surface area contributed by atoms with Crippen LogP contribution in [-0.4, -0.2) is 96.7 Å². The van der Waals surface area contributed by atoms with E-state index in [0.717, 1.165) is 114 Å².